The van der Waals surface area contributed by atoms with Crippen LogP contribution in [0.25, 0.3) is 11.3 Å². The molecule has 0 aliphatic heterocycles. The summed E-state index contributed by atoms with van der Waals surface area (Å²) in [5.74, 6) is -0.189. The summed E-state index contributed by atoms with van der Waals surface area (Å²) >= 11 is 1.29. The molecule has 1 saturated carbocycles. The van der Waals surface area contributed by atoms with Gasteiger partial charge in [-0.25, -0.2) is 9.78 Å². The number of nitrogens with zero attached hydrogens (tertiary/aromatic N) is 1. The fraction of sp³-hybridized carbons (Fsp3) is 0.450. The highest BCUT2D eigenvalue weighted by Gasteiger charge is 2.21. The Kier molecular flexibility index (Phi) is 6.39. The van der Waals surface area contributed by atoms with Crippen molar-refractivity contribution in [3.63, 3.8) is 0 Å². The van der Waals surface area contributed by atoms with Crippen LogP contribution in [-0.2, 0) is 9.53 Å². The maximum atomic E-state index is 12.4. The minimum atomic E-state index is -0.498. The zero-order valence-corrected chi connectivity index (χ0v) is 15.8. The lowest BCUT2D eigenvalue weighted by atomic mass is 9.89. The third-order valence-corrected chi connectivity index (χ3v) is 5.56. The molecule has 1 aliphatic rings. The molecule has 1 aliphatic carbocycles. The summed E-state index contributed by atoms with van der Waals surface area (Å²) in [7, 11) is 0. The Bertz CT molecular complexity index is 752. The Morgan fingerprint density at radius 3 is 2.65 bits per heavy atom. The van der Waals surface area contributed by atoms with Gasteiger partial charge in [0.15, 0.2) is 6.61 Å². The largest absolute Gasteiger partial charge is 0.451 e. The number of hydrogen-bond acceptors (Lipinski definition) is 5. The van der Waals surface area contributed by atoms with E-state index in [4.69, 9.17) is 4.74 Å². The van der Waals surface area contributed by atoms with E-state index in [-0.39, 0.29) is 12.5 Å². The van der Waals surface area contributed by atoms with Crippen molar-refractivity contribution in [2.24, 2.45) is 5.92 Å². The number of carbonyl (C=O) groups is 2. The Balaban J connectivity index is 1.54. The summed E-state index contributed by atoms with van der Waals surface area (Å²) < 4.78 is 5.22. The first kappa shape index (κ1) is 18.6. The SMILES string of the molecule is Cc1nc(-c2ccccc2)c(C(=O)OCC(=O)NCC2CCCCC2)s1. The first-order valence-corrected chi connectivity index (χ1v) is 9.92. The lowest BCUT2D eigenvalue weighted by Gasteiger charge is -2.21. The molecule has 0 bridgehead atoms. The molecule has 0 atom stereocenters. The normalized spacial score (nSPS) is 14.8. The van der Waals surface area contributed by atoms with Crippen molar-refractivity contribution < 1.29 is 14.3 Å². The third-order valence-electron chi connectivity index (χ3n) is 4.61. The molecule has 1 aromatic carbocycles. The van der Waals surface area contributed by atoms with Gasteiger partial charge in [-0.3, -0.25) is 4.79 Å². The number of amides is 1. The first-order valence-electron chi connectivity index (χ1n) is 9.10. The van der Waals surface area contributed by atoms with Crippen LogP contribution in [0.1, 0.15) is 46.8 Å². The molecule has 26 heavy (non-hydrogen) atoms. The minimum absolute atomic E-state index is 0.244. The summed E-state index contributed by atoms with van der Waals surface area (Å²) in [6.45, 7) is 2.27. The van der Waals surface area contributed by atoms with Crippen molar-refractivity contribution in [2.75, 3.05) is 13.2 Å². The number of ether oxygens (including phenoxy) is 1. The Morgan fingerprint density at radius 1 is 1.19 bits per heavy atom. The molecule has 1 heterocycles. The molecule has 2 aromatic rings. The minimum Gasteiger partial charge on any atom is -0.451 e. The summed E-state index contributed by atoms with van der Waals surface area (Å²) in [5.41, 5.74) is 1.48. The van der Waals surface area contributed by atoms with Crippen molar-refractivity contribution in [1.29, 1.82) is 0 Å². The highest BCUT2D eigenvalue weighted by molar-refractivity contribution is 7.14. The molecule has 0 saturated heterocycles. The molecule has 1 fully saturated rings. The zero-order valence-electron chi connectivity index (χ0n) is 15.0. The second kappa shape index (κ2) is 8.94. The molecular formula is C20H24N2O3S. The molecule has 138 valence electrons. The fourth-order valence-corrected chi connectivity index (χ4v) is 4.09. The molecule has 0 spiro atoms. The molecule has 1 N–H and O–H groups in total. The van der Waals surface area contributed by atoms with Gasteiger partial charge in [-0.1, -0.05) is 49.6 Å². The topological polar surface area (TPSA) is 68.3 Å². The van der Waals surface area contributed by atoms with Crippen LogP contribution < -0.4 is 5.32 Å². The summed E-state index contributed by atoms with van der Waals surface area (Å²) in [6.07, 6.45) is 6.10. The molecule has 0 radical (unpaired) electrons. The van der Waals surface area contributed by atoms with E-state index >= 15 is 0 Å². The Morgan fingerprint density at radius 2 is 1.92 bits per heavy atom. The van der Waals surface area contributed by atoms with Crippen LogP contribution in [0, 0.1) is 12.8 Å². The molecule has 6 heteroatoms. The highest BCUT2D eigenvalue weighted by atomic mass is 32.1. The number of esters is 1. The van der Waals surface area contributed by atoms with Gasteiger partial charge in [0.05, 0.1) is 10.7 Å². The monoisotopic (exact) mass is 372 g/mol. The van der Waals surface area contributed by atoms with E-state index in [1.807, 2.05) is 37.3 Å². The van der Waals surface area contributed by atoms with Crippen LogP contribution in [0.2, 0.25) is 0 Å². The molecule has 1 aromatic heterocycles. The number of aryl methyl sites for hydroxylation is 1. The van der Waals surface area contributed by atoms with Gasteiger partial charge in [-0.05, 0) is 25.7 Å². The Labute approximate surface area is 157 Å². The van der Waals surface area contributed by atoms with Crippen LogP contribution in [0.4, 0.5) is 0 Å². The van der Waals surface area contributed by atoms with Crippen LogP contribution in [-0.4, -0.2) is 30.0 Å². The van der Waals surface area contributed by atoms with Crippen LogP contribution in [0.15, 0.2) is 30.3 Å². The zero-order chi connectivity index (χ0) is 18.4. The number of aromatic nitrogens is 1. The van der Waals surface area contributed by atoms with E-state index in [1.165, 1.54) is 43.4 Å². The van der Waals surface area contributed by atoms with E-state index in [2.05, 4.69) is 10.3 Å². The van der Waals surface area contributed by atoms with Crippen LogP contribution in [0.3, 0.4) is 0 Å². The van der Waals surface area contributed by atoms with Gasteiger partial charge >= 0.3 is 5.97 Å². The lowest BCUT2D eigenvalue weighted by molar-refractivity contribution is -0.124. The van der Waals surface area contributed by atoms with Gasteiger partial charge in [0.25, 0.3) is 5.91 Å². The molecule has 5 nitrogen and oxygen atoms in total. The van der Waals surface area contributed by atoms with E-state index in [1.54, 1.807) is 0 Å². The third kappa shape index (κ3) is 4.91. The predicted molar refractivity (Wildman–Crippen MR) is 102 cm³/mol. The van der Waals surface area contributed by atoms with Crippen molar-refractivity contribution >= 4 is 23.2 Å². The van der Waals surface area contributed by atoms with Gasteiger partial charge in [0, 0.05) is 12.1 Å². The predicted octanol–water partition coefficient (Wildman–Crippen LogP) is 3.97. The number of thiazole rings is 1. The maximum Gasteiger partial charge on any atom is 0.351 e. The smallest absolute Gasteiger partial charge is 0.351 e. The standard InChI is InChI=1S/C20H24N2O3S/c1-14-22-18(16-10-6-3-7-11-16)19(26-14)20(24)25-13-17(23)21-12-15-8-4-2-5-9-15/h3,6-7,10-11,15H,2,4-5,8-9,12-13H2,1H3,(H,21,23). The second-order valence-corrected chi connectivity index (χ2v) is 7.86. The van der Waals surface area contributed by atoms with Crippen LogP contribution >= 0.6 is 11.3 Å². The summed E-state index contributed by atoms with van der Waals surface area (Å²) in [4.78, 5) is 29.3. The van der Waals surface area contributed by atoms with Crippen molar-refractivity contribution in [2.45, 2.75) is 39.0 Å². The molecular weight excluding hydrogens is 348 g/mol. The number of hydrogen-bond donors (Lipinski definition) is 1. The average Bonchev–Trinajstić information content (AvgIpc) is 3.08. The van der Waals surface area contributed by atoms with E-state index < -0.39 is 5.97 Å². The van der Waals surface area contributed by atoms with Gasteiger partial charge in [-0.2, -0.15) is 0 Å². The highest BCUT2D eigenvalue weighted by Crippen LogP contribution is 2.28. The molecule has 3 rings (SSSR count). The van der Waals surface area contributed by atoms with Crippen molar-refractivity contribution in [3.8, 4) is 11.3 Å². The van der Waals surface area contributed by atoms with Gasteiger partial charge in [0.2, 0.25) is 0 Å². The van der Waals surface area contributed by atoms with E-state index in [0.29, 0.717) is 23.0 Å². The summed E-state index contributed by atoms with van der Waals surface area (Å²) in [6, 6.07) is 9.53. The van der Waals surface area contributed by atoms with Gasteiger partial charge in [-0.15, -0.1) is 11.3 Å². The number of carbonyl (C=O) groups excluding carboxylic acids is 2. The molecule has 0 unspecified atom stereocenters. The van der Waals surface area contributed by atoms with Gasteiger partial charge in [0.1, 0.15) is 4.88 Å². The van der Waals surface area contributed by atoms with Crippen molar-refractivity contribution in [3.05, 3.63) is 40.2 Å². The second-order valence-electron chi connectivity index (χ2n) is 6.66. The quantitative estimate of drug-likeness (QED) is 0.779. The fourth-order valence-electron chi connectivity index (χ4n) is 3.25. The Hall–Kier alpha value is -2.21. The summed E-state index contributed by atoms with van der Waals surface area (Å²) in [5, 5.41) is 3.67. The van der Waals surface area contributed by atoms with E-state index in [9.17, 15) is 9.59 Å². The lowest BCUT2D eigenvalue weighted by Crippen LogP contribution is -2.33. The number of rotatable bonds is 6. The number of nitrogens with one attached hydrogen (secondary N) is 1. The van der Waals surface area contributed by atoms with Crippen molar-refractivity contribution in [1.82, 2.24) is 10.3 Å². The average molecular weight is 372 g/mol. The maximum absolute atomic E-state index is 12.4. The first-order chi connectivity index (χ1) is 12.6. The molecule has 1 amide bonds. The van der Waals surface area contributed by atoms with E-state index in [0.717, 1.165) is 10.6 Å². The number of benzene rings is 1. The van der Waals surface area contributed by atoms with Crippen LogP contribution in [0.5, 0.6) is 0 Å². The van der Waals surface area contributed by atoms with Gasteiger partial charge < -0.3 is 10.1 Å².